The molecule has 0 aromatic heterocycles. The van der Waals surface area contributed by atoms with Gasteiger partial charge in [-0.05, 0) is 17.7 Å². The van der Waals surface area contributed by atoms with Crippen molar-refractivity contribution in [1.82, 2.24) is 5.48 Å². The summed E-state index contributed by atoms with van der Waals surface area (Å²) in [4.78, 5) is 0. The predicted octanol–water partition coefficient (Wildman–Crippen LogP) is 0.966. The third kappa shape index (κ3) is 1.83. The van der Waals surface area contributed by atoms with Crippen molar-refractivity contribution in [3.63, 3.8) is 0 Å². The maximum absolute atomic E-state index is 8.26. The topological polar surface area (TPSA) is 32.3 Å². The molecule has 1 aromatic carbocycles. The lowest BCUT2D eigenvalue weighted by Gasteiger charge is -1.94. The van der Waals surface area contributed by atoms with Gasteiger partial charge in [0.2, 0.25) is 0 Å². The molecule has 0 heterocycles. The molecule has 0 amide bonds. The maximum atomic E-state index is 8.26. The van der Waals surface area contributed by atoms with Crippen molar-refractivity contribution >= 4 is 0 Å². The summed E-state index contributed by atoms with van der Waals surface area (Å²) in [5, 5.41) is 8.26. The Morgan fingerprint density at radius 3 is 3.11 bits per heavy atom. The van der Waals surface area contributed by atoms with Gasteiger partial charge in [-0.1, -0.05) is 18.2 Å². The molecule has 0 atom stereocenters. The van der Waals surface area contributed by atoms with Gasteiger partial charge in [-0.15, -0.1) is 0 Å². The van der Waals surface area contributed by atoms with E-state index in [0.717, 1.165) is 5.56 Å². The third-order valence-electron chi connectivity index (χ3n) is 1.05. The van der Waals surface area contributed by atoms with Crippen LogP contribution < -0.4 is 5.48 Å². The highest BCUT2D eigenvalue weighted by Crippen LogP contribution is 1.94. The molecule has 0 bridgehead atoms. The zero-order chi connectivity index (χ0) is 6.53. The lowest BCUT2D eigenvalue weighted by molar-refractivity contribution is 0.161. The van der Waals surface area contributed by atoms with Crippen molar-refractivity contribution in [2.45, 2.75) is 6.54 Å². The molecule has 0 saturated heterocycles. The van der Waals surface area contributed by atoms with Gasteiger partial charge < -0.3 is 5.21 Å². The first kappa shape index (κ1) is 6.26. The average Bonchev–Trinajstić information content (AvgIpc) is 1.91. The third-order valence-corrected chi connectivity index (χ3v) is 1.05. The van der Waals surface area contributed by atoms with E-state index in [1.807, 2.05) is 24.3 Å². The van der Waals surface area contributed by atoms with Gasteiger partial charge in [-0.25, -0.2) is 5.48 Å². The molecule has 1 aromatic rings. The molecule has 9 heavy (non-hydrogen) atoms. The van der Waals surface area contributed by atoms with Crippen LogP contribution in [0.2, 0.25) is 0 Å². The summed E-state index contributed by atoms with van der Waals surface area (Å²) in [6, 6.07) is 10.3. The summed E-state index contributed by atoms with van der Waals surface area (Å²) >= 11 is 0. The van der Waals surface area contributed by atoms with Gasteiger partial charge in [0.1, 0.15) is 0 Å². The number of hydrogen-bond donors (Lipinski definition) is 2. The number of hydrogen-bond acceptors (Lipinski definition) is 2. The largest absolute Gasteiger partial charge is 0.316 e. The zero-order valence-corrected chi connectivity index (χ0v) is 4.96. The second-order valence-corrected chi connectivity index (χ2v) is 1.75. The highest BCUT2D eigenvalue weighted by molar-refractivity contribution is 5.12. The summed E-state index contributed by atoms with van der Waals surface area (Å²) in [5.41, 5.74) is 3.09. The van der Waals surface area contributed by atoms with Crippen molar-refractivity contribution in [1.29, 1.82) is 0 Å². The first-order valence-electron chi connectivity index (χ1n) is 2.75. The molecule has 2 N–H and O–H groups in total. The Morgan fingerprint density at radius 1 is 1.67 bits per heavy atom. The smallest absolute Gasteiger partial charge is 0.0458 e. The van der Waals surface area contributed by atoms with Gasteiger partial charge in [-0.2, -0.15) is 0 Å². The van der Waals surface area contributed by atoms with Crippen LogP contribution in [0.3, 0.4) is 0 Å². The predicted molar refractivity (Wildman–Crippen MR) is 33.9 cm³/mol. The Kier molecular flexibility index (Phi) is 2.24. The molecule has 0 fully saturated rings. The summed E-state index contributed by atoms with van der Waals surface area (Å²) < 4.78 is 0. The van der Waals surface area contributed by atoms with Crippen LogP contribution in [0.5, 0.6) is 0 Å². The molecule has 1 rings (SSSR count). The molecule has 0 unspecified atom stereocenters. The van der Waals surface area contributed by atoms with Crippen LogP contribution in [-0.4, -0.2) is 5.21 Å². The lowest BCUT2D eigenvalue weighted by Crippen LogP contribution is -2.05. The highest BCUT2D eigenvalue weighted by Gasteiger charge is 1.84. The Bertz CT molecular complexity index is 162. The molecular formula is C7H8NO. The van der Waals surface area contributed by atoms with Crippen molar-refractivity contribution in [2.75, 3.05) is 0 Å². The molecule has 47 valence electrons. The van der Waals surface area contributed by atoms with Crippen LogP contribution in [-0.2, 0) is 6.54 Å². The van der Waals surface area contributed by atoms with Gasteiger partial charge in [0.15, 0.2) is 0 Å². The Morgan fingerprint density at radius 2 is 2.56 bits per heavy atom. The van der Waals surface area contributed by atoms with Crippen LogP contribution >= 0.6 is 0 Å². The summed E-state index contributed by atoms with van der Waals surface area (Å²) in [6.45, 7) is 0.483. The Hall–Kier alpha value is -0.860. The molecular weight excluding hydrogens is 114 g/mol. The van der Waals surface area contributed by atoms with E-state index in [1.165, 1.54) is 0 Å². The van der Waals surface area contributed by atoms with E-state index in [4.69, 9.17) is 5.21 Å². The van der Waals surface area contributed by atoms with Crippen LogP contribution in [0, 0.1) is 6.07 Å². The average molecular weight is 122 g/mol. The quantitative estimate of drug-likeness (QED) is 0.573. The number of rotatable bonds is 2. The summed E-state index contributed by atoms with van der Waals surface area (Å²) in [5.74, 6) is 0. The maximum Gasteiger partial charge on any atom is 0.0458 e. The fourth-order valence-corrected chi connectivity index (χ4v) is 0.632. The second-order valence-electron chi connectivity index (χ2n) is 1.75. The van der Waals surface area contributed by atoms with Crippen LogP contribution in [0.15, 0.2) is 24.3 Å². The molecule has 1 radical (unpaired) electrons. The van der Waals surface area contributed by atoms with Crippen LogP contribution in [0.4, 0.5) is 0 Å². The van der Waals surface area contributed by atoms with Gasteiger partial charge in [-0.3, -0.25) is 0 Å². The second kappa shape index (κ2) is 3.22. The lowest BCUT2D eigenvalue weighted by atomic mass is 10.2. The first-order chi connectivity index (χ1) is 4.43. The molecule has 0 spiro atoms. The minimum absolute atomic E-state index is 0.483. The summed E-state index contributed by atoms with van der Waals surface area (Å²) in [7, 11) is 0. The van der Waals surface area contributed by atoms with Gasteiger partial charge in [0, 0.05) is 6.54 Å². The molecule has 2 nitrogen and oxygen atoms in total. The minimum atomic E-state index is 0.483. The fourth-order valence-electron chi connectivity index (χ4n) is 0.632. The van der Waals surface area contributed by atoms with Crippen molar-refractivity contribution in [3.05, 3.63) is 35.9 Å². The molecule has 0 aliphatic rings. The Labute approximate surface area is 54.1 Å². The van der Waals surface area contributed by atoms with Crippen LogP contribution in [0.1, 0.15) is 5.56 Å². The van der Waals surface area contributed by atoms with Crippen molar-refractivity contribution in [3.8, 4) is 0 Å². The zero-order valence-electron chi connectivity index (χ0n) is 4.96. The number of benzene rings is 1. The molecule has 0 aliphatic carbocycles. The van der Waals surface area contributed by atoms with Gasteiger partial charge in [0.25, 0.3) is 0 Å². The van der Waals surface area contributed by atoms with E-state index in [1.54, 1.807) is 0 Å². The number of hydroxylamine groups is 1. The fraction of sp³-hybridized carbons (Fsp3) is 0.143. The Balaban J connectivity index is 2.61. The van der Waals surface area contributed by atoms with Gasteiger partial charge in [0.05, 0.1) is 0 Å². The standard InChI is InChI=1S/C7H8NO/c9-8-6-7-4-2-1-3-5-7/h1-2,4-5,8-9H,6H2. The molecule has 2 heteroatoms. The van der Waals surface area contributed by atoms with Crippen LogP contribution in [0.25, 0.3) is 0 Å². The minimum Gasteiger partial charge on any atom is -0.316 e. The van der Waals surface area contributed by atoms with Gasteiger partial charge >= 0.3 is 0 Å². The van der Waals surface area contributed by atoms with E-state index >= 15 is 0 Å². The SMILES string of the molecule is ONCc1c[c]ccc1. The normalized spacial score (nSPS) is 9.44. The van der Waals surface area contributed by atoms with E-state index in [0.29, 0.717) is 6.54 Å². The highest BCUT2D eigenvalue weighted by atomic mass is 16.5. The van der Waals surface area contributed by atoms with E-state index < -0.39 is 0 Å². The van der Waals surface area contributed by atoms with E-state index in [9.17, 15) is 0 Å². The molecule has 0 saturated carbocycles. The van der Waals surface area contributed by atoms with Crippen molar-refractivity contribution in [2.24, 2.45) is 0 Å². The molecule has 0 aliphatic heterocycles. The summed E-state index contributed by atoms with van der Waals surface area (Å²) in [6.07, 6.45) is 0. The number of nitrogens with one attached hydrogen (secondary N) is 1. The monoisotopic (exact) mass is 122 g/mol. The first-order valence-corrected chi connectivity index (χ1v) is 2.75. The van der Waals surface area contributed by atoms with E-state index in [-0.39, 0.29) is 0 Å². The van der Waals surface area contributed by atoms with E-state index in [2.05, 4.69) is 11.5 Å². The van der Waals surface area contributed by atoms with Crippen molar-refractivity contribution < 1.29 is 5.21 Å².